The standard InChI is InChI=1S/C14H19FN2/c1-3-6-17-9-11(7-10(2)16)13-8-12(15)4-5-14(13)17/h4-5,8-10H,3,6-7,16H2,1-2H3/t10-/m0/s1. The summed E-state index contributed by atoms with van der Waals surface area (Å²) in [6.07, 6.45) is 3.96. The molecule has 0 amide bonds. The molecule has 0 bridgehead atoms. The second-order valence-electron chi connectivity index (χ2n) is 4.69. The van der Waals surface area contributed by atoms with Crippen molar-refractivity contribution in [1.29, 1.82) is 0 Å². The molecular formula is C14H19FN2. The highest BCUT2D eigenvalue weighted by molar-refractivity contribution is 5.84. The number of aryl methyl sites for hydroxylation is 1. The molecule has 1 aromatic carbocycles. The fraction of sp³-hybridized carbons (Fsp3) is 0.429. The zero-order valence-corrected chi connectivity index (χ0v) is 10.4. The van der Waals surface area contributed by atoms with Gasteiger partial charge >= 0.3 is 0 Å². The van der Waals surface area contributed by atoms with E-state index in [0.717, 1.165) is 35.9 Å². The SMILES string of the molecule is CCCn1cc(C[C@H](C)N)c2cc(F)ccc21. The van der Waals surface area contributed by atoms with Crippen LogP contribution in [0.5, 0.6) is 0 Å². The van der Waals surface area contributed by atoms with Gasteiger partial charge in [0, 0.05) is 29.7 Å². The number of hydrogen-bond acceptors (Lipinski definition) is 1. The van der Waals surface area contributed by atoms with E-state index in [9.17, 15) is 4.39 Å². The van der Waals surface area contributed by atoms with Crippen LogP contribution in [0.25, 0.3) is 10.9 Å². The van der Waals surface area contributed by atoms with Crippen molar-refractivity contribution in [3.63, 3.8) is 0 Å². The van der Waals surface area contributed by atoms with E-state index in [1.807, 2.05) is 13.0 Å². The van der Waals surface area contributed by atoms with Gasteiger partial charge in [0.25, 0.3) is 0 Å². The fourth-order valence-electron chi connectivity index (χ4n) is 2.28. The molecule has 0 fully saturated rings. The van der Waals surface area contributed by atoms with Crippen molar-refractivity contribution in [2.75, 3.05) is 0 Å². The summed E-state index contributed by atoms with van der Waals surface area (Å²) in [5, 5.41) is 0.996. The van der Waals surface area contributed by atoms with E-state index >= 15 is 0 Å². The molecule has 1 heterocycles. The molecular weight excluding hydrogens is 215 g/mol. The molecule has 0 spiro atoms. The first-order chi connectivity index (χ1) is 8.11. The van der Waals surface area contributed by atoms with Gasteiger partial charge in [-0.15, -0.1) is 0 Å². The molecule has 0 unspecified atom stereocenters. The van der Waals surface area contributed by atoms with Crippen molar-refractivity contribution in [1.82, 2.24) is 4.57 Å². The summed E-state index contributed by atoms with van der Waals surface area (Å²) in [4.78, 5) is 0. The Morgan fingerprint density at radius 3 is 2.82 bits per heavy atom. The number of nitrogens with zero attached hydrogens (tertiary/aromatic N) is 1. The molecule has 0 aliphatic carbocycles. The van der Waals surface area contributed by atoms with Crippen molar-refractivity contribution in [3.05, 3.63) is 35.8 Å². The number of fused-ring (bicyclic) bond motifs is 1. The van der Waals surface area contributed by atoms with Crippen LogP contribution in [0.3, 0.4) is 0 Å². The fourth-order valence-corrected chi connectivity index (χ4v) is 2.28. The maximum Gasteiger partial charge on any atom is 0.123 e. The van der Waals surface area contributed by atoms with Gasteiger partial charge in [-0.3, -0.25) is 0 Å². The maximum atomic E-state index is 13.3. The first-order valence-electron chi connectivity index (χ1n) is 6.14. The van der Waals surface area contributed by atoms with Crippen molar-refractivity contribution < 1.29 is 4.39 Å². The molecule has 2 nitrogen and oxygen atoms in total. The van der Waals surface area contributed by atoms with Gasteiger partial charge in [0.05, 0.1) is 0 Å². The first kappa shape index (κ1) is 12.1. The molecule has 0 radical (unpaired) electrons. The molecule has 0 aliphatic heterocycles. The predicted octanol–water partition coefficient (Wildman–Crippen LogP) is 3.08. The van der Waals surface area contributed by atoms with Crippen LogP contribution in [-0.4, -0.2) is 10.6 Å². The second-order valence-corrected chi connectivity index (χ2v) is 4.69. The van der Waals surface area contributed by atoms with Crippen LogP contribution in [0.15, 0.2) is 24.4 Å². The van der Waals surface area contributed by atoms with E-state index in [1.54, 1.807) is 6.07 Å². The summed E-state index contributed by atoms with van der Waals surface area (Å²) >= 11 is 0. The Morgan fingerprint density at radius 1 is 1.41 bits per heavy atom. The van der Waals surface area contributed by atoms with Gasteiger partial charge in [0.2, 0.25) is 0 Å². The molecule has 1 aromatic heterocycles. The summed E-state index contributed by atoms with van der Waals surface area (Å²) < 4.78 is 15.5. The van der Waals surface area contributed by atoms with Crippen LogP contribution in [0.2, 0.25) is 0 Å². The molecule has 2 rings (SSSR count). The van der Waals surface area contributed by atoms with Crippen molar-refractivity contribution in [2.45, 2.75) is 39.3 Å². The van der Waals surface area contributed by atoms with Crippen molar-refractivity contribution in [3.8, 4) is 0 Å². The topological polar surface area (TPSA) is 30.9 Å². The molecule has 0 aliphatic rings. The Bertz CT molecular complexity index is 514. The largest absolute Gasteiger partial charge is 0.347 e. The average Bonchev–Trinajstić information content (AvgIpc) is 2.56. The Labute approximate surface area is 101 Å². The van der Waals surface area contributed by atoms with E-state index in [-0.39, 0.29) is 11.9 Å². The molecule has 92 valence electrons. The third kappa shape index (κ3) is 2.50. The second kappa shape index (κ2) is 4.88. The highest BCUT2D eigenvalue weighted by atomic mass is 19.1. The van der Waals surface area contributed by atoms with E-state index in [4.69, 9.17) is 5.73 Å². The summed E-state index contributed by atoms with van der Waals surface area (Å²) in [6.45, 7) is 5.07. The zero-order valence-electron chi connectivity index (χ0n) is 10.4. The molecule has 2 N–H and O–H groups in total. The van der Waals surface area contributed by atoms with Crippen LogP contribution in [0, 0.1) is 5.82 Å². The predicted molar refractivity (Wildman–Crippen MR) is 69.5 cm³/mol. The van der Waals surface area contributed by atoms with Gasteiger partial charge in [-0.1, -0.05) is 6.92 Å². The normalized spacial score (nSPS) is 13.2. The number of nitrogens with two attached hydrogens (primary N) is 1. The quantitative estimate of drug-likeness (QED) is 0.866. The molecule has 2 aromatic rings. The number of rotatable bonds is 4. The highest BCUT2D eigenvalue weighted by Crippen LogP contribution is 2.23. The zero-order chi connectivity index (χ0) is 12.4. The smallest absolute Gasteiger partial charge is 0.123 e. The molecule has 3 heteroatoms. The molecule has 1 atom stereocenters. The number of halogens is 1. The van der Waals surface area contributed by atoms with E-state index < -0.39 is 0 Å². The Balaban J connectivity index is 2.54. The highest BCUT2D eigenvalue weighted by Gasteiger charge is 2.10. The van der Waals surface area contributed by atoms with Gasteiger partial charge in [-0.25, -0.2) is 4.39 Å². The van der Waals surface area contributed by atoms with Crippen LogP contribution < -0.4 is 5.73 Å². The third-order valence-electron chi connectivity index (χ3n) is 2.93. The molecule has 17 heavy (non-hydrogen) atoms. The van der Waals surface area contributed by atoms with Crippen LogP contribution in [0.4, 0.5) is 4.39 Å². The Morgan fingerprint density at radius 2 is 2.18 bits per heavy atom. The summed E-state index contributed by atoms with van der Waals surface area (Å²) in [5.74, 6) is -0.183. The number of hydrogen-bond donors (Lipinski definition) is 1. The van der Waals surface area contributed by atoms with Gasteiger partial charge in [-0.2, -0.15) is 0 Å². The Hall–Kier alpha value is -1.35. The Kier molecular flexibility index (Phi) is 3.48. The third-order valence-corrected chi connectivity index (χ3v) is 2.93. The van der Waals surface area contributed by atoms with E-state index in [2.05, 4.69) is 17.7 Å². The summed E-state index contributed by atoms with van der Waals surface area (Å²) in [5.41, 5.74) is 8.08. The number of benzene rings is 1. The lowest BCUT2D eigenvalue weighted by Gasteiger charge is -2.02. The van der Waals surface area contributed by atoms with Crippen molar-refractivity contribution >= 4 is 10.9 Å². The molecule has 0 saturated heterocycles. The van der Waals surface area contributed by atoms with Crippen LogP contribution >= 0.6 is 0 Å². The average molecular weight is 234 g/mol. The summed E-state index contributed by atoms with van der Waals surface area (Å²) in [7, 11) is 0. The minimum absolute atomic E-state index is 0.0962. The van der Waals surface area contributed by atoms with Gasteiger partial charge in [0.1, 0.15) is 5.82 Å². The minimum Gasteiger partial charge on any atom is -0.347 e. The lowest BCUT2D eigenvalue weighted by atomic mass is 10.1. The molecule has 0 saturated carbocycles. The first-order valence-corrected chi connectivity index (χ1v) is 6.14. The van der Waals surface area contributed by atoms with Gasteiger partial charge in [-0.05, 0) is 43.5 Å². The van der Waals surface area contributed by atoms with E-state index in [1.165, 1.54) is 6.07 Å². The van der Waals surface area contributed by atoms with Crippen LogP contribution in [-0.2, 0) is 13.0 Å². The van der Waals surface area contributed by atoms with Gasteiger partial charge < -0.3 is 10.3 Å². The monoisotopic (exact) mass is 234 g/mol. The van der Waals surface area contributed by atoms with E-state index in [0.29, 0.717) is 0 Å². The van der Waals surface area contributed by atoms with Crippen LogP contribution in [0.1, 0.15) is 25.8 Å². The lowest BCUT2D eigenvalue weighted by molar-refractivity contribution is 0.629. The van der Waals surface area contributed by atoms with Gasteiger partial charge in [0.15, 0.2) is 0 Å². The minimum atomic E-state index is -0.183. The number of aromatic nitrogens is 1. The van der Waals surface area contributed by atoms with Crippen molar-refractivity contribution in [2.24, 2.45) is 5.73 Å². The maximum absolute atomic E-state index is 13.3. The lowest BCUT2D eigenvalue weighted by Crippen LogP contribution is -2.17. The summed E-state index contributed by atoms with van der Waals surface area (Å²) in [6, 6.07) is 5.08.